The highest BCUT2D eigenvalue weighted by atomic mass is 16.3. The number of rotatable bonds is 2. The number of nitrogens with two attached hydrogens (primary N) is 1. The Kier molecular flexibility index (Phi) is 2.89. The van der Waals surface area contributed by atoms with Crippen LogP contribution in [0.1, 0.15) is 17.2 Å². The third-order valence-corrected chi connectivity index (χ3v) is 3.20. The zero-order valence-corrected chi connectivity index (χ0v) is 10.3. The van der Waals surface area contributed by atoms with Gasteiger partial charge in [0.05, 0.1) is 5.52 Å². The molecular weight excluding hydrogens is 236 g/mol. The number of aromatic nitrogens is 1. The average Bonchev–Trinajstić information content (AvgIpc) is 2.46. The molecule has 0 fully saturated rings. The molecule has 0 saturated carbocycles. The summed E-state index contributed by atoms with van der Waals surface area (Å²) in [4.78, 5) is 4.30. The summed E-state index contributed by atoms with van der Waals surface area (Å²) < 4.78 is 0. The van der Waals surface area contributed by atoms with Crippen LogP contribution in [0.25, 0.3) is 10.9 Å². The van der Waals surface area contributed by atoms with E-state index in [4.69, 9.17) is 5.73 Å². The van der Waals surface area contributed by atoms with Gasteiger partial charge in [0.15, 0.2) is 0 Å². The lowest BCUT2D eigenvalue weighted by atomic mass is 9.97. The smallest absolute Gasteiger partial charge is 0.105 e. The Morgan fingerprint density at radius 1 is 1.00 bits per heavy atom. The van der Waals surface area contributed by atoms with Crippen LogP contribution in [0.5, 0.6) is 0 Å². The number of nitrogens with zero attached hydrogens (tertiary/aromatic N) is 1. The fourth-order valence-electron chi connectivity index (χ4n) is 2.27. The van der Waals surface area contributed by atoms with E-state index in [1.54, 1.807) is 18.3 Å². The molecule has 1 heterocycles. The molecule has 0 bridgehead atoms. The summed E-state index contributed by atoms with van der Waals surface area (Å²) in [7, 11) is 0. The average molecular weight is 250 g/mol. The van der Waals surface area contributed by atoms with E-state index in [9.17, 15) is 5.11 Å². The number of anilines is 1. The minimum Gasteiger partial charge on any atom is -0.399 e. The van der Waals surface area contributed by atoms with Crippen molar-refractivity contribution in [3.8, 4) is 0 Å². The molecule has 0 saturated heterocycles. The normalized spacial score (nSPS) is 12.5. The molecule has 0 aliphatic heterocycles. The molecule has 0 amide bonds. The molecule has 1 aromatic heterocycles. The van der Waals surface area contributed by atoms with Crippen molar-refractivity contribution in [2.24, 2.45) is 0 Å². The second kappa shape index (κ2) is 4.71. The maximum atomic E-state index is 10.5. The van der Waals surface area contributed by atoms with Gasteiger partial charge in [0.25, 0.3) is 0 Å². The van der Waals surface area contributed by atoms with Crippen molar-refractivity contribution >= 4 is 16.6 Å². The summed E-state index contributed by atoms with van der Waals surface area (Å²) in [6.07, 6.45) is 1.05. The third kappa shape index (κ3) is 2.16. The SMILES string of the molecule is Nc1cccc(C(O)c2cccc3ncccc23)c1. The van der Waals surface area contributed by atoms with Gasteiger partial charge in [0.2, 0.25) is 0 Å². The van der Waals surface area contributed by atoms with Crippen LogP contribution in [0, 0.1) is 0 Å². The van der Waals surface area contributed by atoms with Crippen LogP contribution in [-0.2, 0) is 0 Å². The van der Waals surface area contributed by atoms with Gasteiger partial charge in [0, 0.05) is 17.3 Å². The van der Waals surface area contributed by atoms with Crippen molar-refractivity contribution in [2.45, 2.75) is 6.10 Å². The van der Waals surface area contributed by atoms with Crippen LogP contribution >= 0.6 is 0 Å². The van der Waals surface area contributed by atoms with Crippen molar-refractivity contribution in [3.05, 3.63) is 71.9 Å². The van der Waals surface area contributed by atoms with E-state index in [-0.39, 0.29) is 0 Å². The van der Waals surface area contributed by atoms with Gasteiger partial charge in [-0.05, 0) is 35.4 Å². The highest BCUT2D eigenvalue weighted by Crippen LogP contribution is 2.28. The number of hydrogen-bond acceptors (Lipinski definition) is 3. The van der Waals surface area contributed by atoms with E-state index in [0.717, 1.165) is 22.0 Å². The number of hydrogen-bond donors (Lipinski definition) is 2. The summed E-state index contributed by atoms with van der Waals surface area (Å²) in [6, 6.07) is 16.9. The Balaban J connectivity index is 2.14. The summed E-state index contributed by atoms with van der Waals surface area (Å²) in [5, 5.41) is 11.5. The number of aliphatic hydroxyl groups is 1. The summed E-state index contributed by atoms with van der Waals surface area (Å²) in [6.45, 7) is 0. The van der Waals surface area contributed by atoms with E-state index in [1.165, 1.54) is 0 Å². The molecule has 3 aromatic rings. The number of benzene rings is 2. The van der Waals surface area contributed by atoms with E-state index in [0.29, 0.717) is 5.69 Å². The highest BCUT2D eigenvalue weighted by Gasteiger charge is 2.13. The van der Waals surface area contributed by atoms with E-state index in [2.05, 4.69) is 4.98 Å². The third-order valence-electron chi connectivity index (χ3n) is 3.20. The molecule has 1 unspecified atom stereocenters. The van der Waals surface area contributed by atoms with E-state index in [1.807, 2.05) is 42.5 Å². The number of aliphatic hydroxyl groups excluding tert-OH is 1. The largest absolute Gasteiger partial charge is 0.399 e. The first-order chi connectivity index (χ1) is 9.25. The number of pyridine rings is 1. The first-order valence-corrected chi connectivity index (χ1v) is 6.13. The Labute approximate surface area is 111 Å². The van der Waals surface area contributed by atoms with Gasteiger partial charge in [-0.1, -0.05) is 30.3 Å². The summed E-state index contributed by atoms with van der Waals surface area (Å²) >= 11 is 0. The zero-order chi connectivity index (χ0) is 13.2. The van der Waals surface area contributed by atoms with E-state index < -0.39 is 6.10 Å². The molecular formula is C16H14N2O. The Morgan fingerprint density at radius 2 is 1.84 bits per heavy atom. The van der Waals surface area contributed by atoms with Crippen molar-refractivity contribution in [1.82, 2.24) is 4.98 Å². The highest BCUT2D eigenvalue weighted by molar-refractivity contribution is 5.82. The maximum Gasteiger partial charge on any atom is 0.105 e. The lowest BCUT2D eigenvalue weighted by molar-refractivity contribution is 0.222. The lowest BCUT2D eigenvalue weighted by Gasteiger charge is -2.14. The van der Waals surface area contributed by atoms with Crippen molar-refractivity contribution < 1.29 is 5.11 Å². The van der Waals surface area contributed by atoms with Gasteiger partial charge in [-0.3, -0.25) is 4.98 Å². The Bertz CT molecular complexity index is 719. The molecule has 3 nitrogen and oxygen atoms in total. The predicted octanol–water partition coefficient (Wildman–Crippen LogP) is 2.90. The van der Waals surface area contributed by atoms with Crippen molar-refractivity contribution in [3.63, 3.8) is 0 Å². The van der Waals surface area contributed by atoms with Crippen molar-refractivity contribution in [2.75, 3.05) is 5.73 Å². The topological polar surface area (TPSA) is 59.1 Å². The number of nitrogen functional groups attached to an aromatic ring is 1. The predicted molar refractivity (Wildman–Crippen MR) is 76.7 cm³/mol. The molecule has 94 valence electrons. The quantitative estimate of drug-likeness (QED) is 0.687. The second-order valence-corrected chi connectivity index (χ2v) is 4.49. The van der Waals surface area contributed by atoms with Gasteiger partial charge in [0.1, 0.15) is 6.10 Å². The zero-order valence-electron chi connectivity index (χ0n) is 10.3. The van der Waals surface area contributed by atoms with Gasteiger partial charge < -0.3 is 10.8 Å². The molecule has 0 aliphatic rings. The summed E-state index contributed by atoms with van der Waals surface area (Å²) in [5.74, 6) is 0. The molecule has 0 radical (unpaired) electrons. The van der Waals surface area contributed by atoms with Crippen LogP contribution in [0.2, 0.25) is 0 Å². The van der Waals surface area contributed by atoms with Crippen LogP contribution in [0.15, 0.2) is 60.8 Å². The van der Waals surface area contributed by atoms with Crippen molar-refractivity contribution in [1.29, 1.82) is 0 Å². The molecule has 1 atom stereocenters. The molecule has 3 N–H and O–H groups in total. The fourth-order valence-corrected chi connectivity index (χ4v) is 2.27. The molecule has 2 aromatic carbocycles. The minimum atomic E-state index is -0.698. The Hall–Kier alpha value is -2.39. The second-order valence-electron chi connectivity index (χ2n) is 4.49. The van der Waals surface area contributed by atoms with E-state index >= 15 is 0 Å². The van der Waals surface area contributed by atoms with Crippen LogP contribution in [0.3, 0.4) is 0 Å². The fraction of sp³-hybridized carbons (Fsp3) is 0.0625. The molecule has 0 aliphatic carbocycles. The molecule has 3 rings (SSSR count). The van der Waals surface area contributed by atoms with Gasteiger partial charge >= 0.3 is 0 Å². The molecule has 0 spiro atoms. The summed E-state index contributed by atoms with van der Waals surface area (Å²) in [5.41, 5.74) is 8.92. The van der Waals surface area contributed by atoms with Crippen LogP contribution in [-0.4, -0.2) is 10.1 Å². The monoisotopic (exact) mass is 250 g/mol. The molecule has 19 heavy (non-hydrogen) atoms. The van der Waals surface area contributed by atoms with Crippen LogP contribution in [0.4, 0.5) is 5.69 Å². The van der Waals surface area contributed by atoms with Gasteiger partial charge in [-0.15, -0.1) is 0 Å². The maximum absolute atomic E-state index is 10.5. The first-order valence-electron chi connectivity index (χ1n) is 6.13. The van der Waals surface area contributed by atoms with Gasteiger partial charge in [-0.2, -0.15) is 0 Å². The standard InChI is InChI=1S/C16H14N2O/c17-12-5-1-4-11(10-12)16(19)14-6-2-8-15-13(14)7-3-9-18-15/h1-10,16,19H,17H2. The lowest BCUT2D eigenvalue weighted by Crippen LogP contribution is -2.01. The Morgan fingerprint density at radius 3 is 2.68 bits per heavy atom. The first kappa shape index (κ1) is 11.7. The van der Waals surface area contributed by atoms with Crippen LogP contribution < -0.4 is 5.73 Å². The van der Waals surface area contributed by atoms with Gasteiger partial charge in [-0.25, -0.2) is 0 Å². The number of fused-ring (bicyclic) bond motifs is 1. The molecule has 3 heteroatoms. The minimum absolute atomic E-state index is 0.648.